The van der Waals surface area contributed by atoms with E-state index in [4.69, 9.17) is 10.5 Å². The van der Waals surface area contributed by atoms with Gasteiger partial charge in [-0.2, -0.15) is 0 Å². The fraction of sp³-hybridized carbons (Fsp3) is 0.308. The summed E-state index contributed by atoms with van der Waals surface area (Å²) in [7, 11) is 0. The van der Waals surface area contributed by atoms with Crippen molar-refractivity contribution in [3.63, 3.8) is 0 Å². The second-order valence-electron chi connectivity index (χ2n) is 3.62. The van der Waals surface area contributed by atoms with Gasteiger partial charge >= 0.3 is 0 Å². The molecule has 0 atom stereocenters. The van der Waals surface area contributed by atoms with Crippen LogP contribution in [0.5, 0.6) is 0 Å². The Balaban J connectivity index is 2.30. The average molecular weight is 219 g/mol. The minimum Gasteiger partial charge on any atom is -0.400 e. The van der Waals surface area contributed by atoms with Gasteiger partial charge in [0.1, 0.15) is 0 Å². The normalized spacial score (nSPS) is 15.8. The van der Waals surface area contributed by atoms with Crippen LogP contribution in [-0.2, 0) is 9.53 Å². The van der Waals surface area contributed by atoms with Crippen LogP contribution in [0, 0.1) is 0 Å². The van der Waals surface area contributed by atoms with Crippen LogP contribution in [0.2, 0.25) is 0 Å². The number of allylic oxidation sites excluding steroid dienone is 5. The zero-order valence-corrected chi connectivity index (χ0v) is 9.48. The minimum absolute atomic E-state index is 0.0566. The molecule has 2 N–H and O–H groups in total. The summed E-state index contributed by atoms with van der Waals surface area (Å²) in [5.41, 5.74) is 7.17. The highest BCUT2D eigenvalue weighted by Crippen LogP contribution is 2.05. The summed E-state index contributed by atoms with van der Waals surface area (Å²) < 4.78 is 5.40. The van der Waals surface area contributed by atoms with Gasteiger partial charge in [-0.25, -0.2) is 0 Å². The molecule has 3 heteroatoms. The third kappa shape index (κ3) is 5.32. The topological polar surface area (TPSA) is 52.3 Å². The molecule has 3 nitrogen and oxygen atoms in total. The summed E-state index contributed by atoms with van der Waals surface area (Å²) in [4.78, 5) is 10.7. The second-order valence-corrected chi connectivity index (χ2v) is 3.62. The molecule has 0 unspecified atom stereocenters. The summed E-state index contributed by atoms with van der Waals surface area (Å²) in [6, 6.07) is 0. The summed E-state index contributed by atoms with van der Waals surface area (Å²) in [5, 5.41) is 0. The largest absolute Gasteiger partial charge is 0.400 e. The molecule has 16 heavy (non-hydrogen) atoms. The SMILES string of the molecule is CC(=O)C=C(N)COCC1=CCC=CC=C1. The zero-order valence-electron chi connectivity index (χ0n) is 9.48. The van der Waals surface area contributed by atoms with E-state index in [0.717, 1.165) is 12.0 Å². The van der Waals surface area contributed by atoms with E-state index < -0.39 is 0 Å². The smallest absolute Gasteiger partial charge is 0.154 e. The van der Waals surface area contributed by atoms with Crippen molar-refractivity contribution < 1.29 is 9.53 Å². The van der Waals surface area contributed by atoms with Crippen LogP contribution in [0.15, 0.2) is 47.7 Å². The van der Waals surface area contributed by atoms with E-state index >= 15 is 0 Å². The van der Waals surface area contributed by atoms with Gasteiger partial charge in [-0.1, -0.05) is 30.4 Å². The molecule has 0 fully saturated rings. The number of hydrogen-bond donors (Lipinski definition) is 1. The molecule has 0 saturated heterocycles. The molecule has 0 aromatic rings. The van der Waals surface area contributed by atoms with Gasteiger partial charge in [0, 0.05) is 11.8 Å². The molecular weight excluding hydrogens is 202 g/mol. The Bertz CT molecular complexity index is 362. The second kappa shape index (κ2) is 6.80. The number of nitrogens with two attached hydrogens (primary N) is 1. The number of ketones is 1. The van der Waals surface area contributed by atoms with Gasteiger partial charge in [-0.3, -0.25) is 4.79 Å². The van der Waals surface area contributed by atoms with Crippen LogP contribution in [0.25, 0.3) is 0 Å². The summed E-state index contributed by atoms with van der Waals surface area (Å²) in [5.74, 6) is -0.0566. The summed E-state index contributed by atoms with van der Waals surface area (Å²) in [6.07, 6.45) is 12.5. The Morgan fingerprint density at radius 1 is 1.56 bits per heavy atom. The van der Waals surface area contributed by atoms with Gasteiger partial charge in [0.2, 0.25) is 0 Å². The molecule has 0 bridgehead atoms. The molecule has 1 rings (SSSR count). The third-order valence-electron chi connectivity index (χ3n) is 2.00. The maximum absolute atomic E-state index is 10.7. The predicted molar refractivity (Wildman–Crippen MR) is 64.8 cm³/mol. The Kier molecular flexibility index (Phi) is 5.29. The Hall–Kier alpha value is -1.61. The molecule has 0 saturated carbocycles. The van der Waals surface area contributed by atoms with Crippen molar-refractivity contribution in [3.8, 4) is 0 Å². The molecule has 1 aliphatic carbocycles. The molecule has 0 amide bonds. The highest BCUT2D eigenvalue weighted by atomic mass is 16.5. The summed E-state index contributed by atoms with van der Waals surface area (Å²) in [6.45, 7) is 2.28. The highest BCUT2D eigenvalue weighted by molar-refractivity contribution is 5.87. The first-order valence-corrected chi connectivity index (χ1v) is 5.25. The first-order chi connectivity index (χ1) is 7.68. The number of carbonyl (C=O) groups is 1. The number of ether oxygens (including phenoxy) is 1. The van der Waals surface area contributed by atoms with Crippen LogP contribution < -0.4 is 5.73 Å². The van der Waals surface area contributed by atoms with Crippen molar-refractivity contribution in [1.82, 2.24) is 0 Å². The quantitative estimate of drug-likeness (QED) is 0.718. The molecular formula is C13H17NO2. The van der Waals surface area contributed by atoms with E-state index in [1.807, 2.05) is 18.2 Å². The molecule has 0 aromatic heterocycles. The van der Waals surface area contributed by atoms with E-state index in [2.05, 4.69) is 12.2 Å². The van der Waals surface area contributed by atoms with E-state index in [-0.39, 0.29) is 12.4 Å². The lowest BCUT2D eigenvalue weighted by Crippen LogP contribution is -2.09. The van der Waals surface area contributed by atoms with Crippen molar-refractivity contribution in [2.45, 2.75) is 13.3 Å². The minimum atomic E-state index is -0.0566. The van der Waals surface area contributed by atoms with Crippen LogP contribution >= 0.6 is 0 Å². The van der Waals surface area contributed by atoms with Crippen LogP contribution in [0.1, 0.15) is 13.3 Å². The van der Waals surface area contributed by atoms with Crippen LogP contribution in [-0.4, -0.2) is 19.0 Å². The van der Waals surface area contributed by atoms with E-state index in [1.54, 1.807) is 0 Å². The van der Waals surface area contributed by atoms with Crippen LogP contribution in [0.4, 0.5) is 0 Å². The lowest BCUT2D eigenvalue weighted by atomic mass is 10.2. The van der Waals surface area contributed by atoms with Gasteiger partial charge < -0.3 is 10.5 Å². The van der Waals surface area contributed by atoms with Gasteiger partial charge in [-0.05, 0) is 18.9 Å². The van der Waals surface area contributed by atoms with Crippen molar-refractivity contribution in [2.24, 2.45) is 5.73 Å². The molecule has 0 heterocycles. The zero-order chi connectivity index (χ0) is 11.8. The molecule has 0 radical (unpaired) electrons. The maximum Gasteiger partial charge on any atom is 0.154 e. The molecule has 0 aromatic carbocycles. The van der Waals surface area contributed by atoms with E-state index in [1.165, 1.54) is 13.0 Å². The fourth-order valence-corrected chi connectivity index (χ4v) is 1.32. The third-order valence-corrected chi connectivity index (χ3v) is 2.00. The molecule has 0 aliphatic heterocycles. The first-order valence-electron chi connectivity index (χ1n) is 5.25. The Morgan fingerprint density at radius 3 is 3.12 bits per heavy atom. The lowest BCUT2D eigenvalue weighted by Gasteiger charge is -2.04. The van der Waals surface area contributed by atoms with Crippen molar-refractivity contribution >= 4 is 5.78 Å². The fourth-order valence-electron chi connectivity index (χ4n) is 1.32. The molecule has 1 aliphatic rings. The lowest BCUT2D eigenvalue weighted by molar-refractivity contribution is -0.112. The Labute approximate surface area is 96.0 Å². The Morgan fingerprint density at radius 2 is 2.38 bits per heavy atom. The number of carbonyl (C=O) groups excluding carboxylic acids is 1. The van der Waals surface area contributed by atoms with Gasteiger partial charge in [0.25, 0.3) is 0 Å². The van der Waals surface area contributed by atoms with Gasteiger partial charge in [-0.15, -0.1) is 0 Å². The van der Waals surface area contributed by atoms with E-state index in [9.17, 15) is 4.79 Å². The summed E-state index contributed by atoms with van der Waals surface area (Å²) >= 11 is 0. The van der Waals surface area contributed by atoms with Crippen LogP contribution in [0.3, 0.4) is 0 Å². The number of hydrogen-bond acceptors (Lipinski definition) is 3. The maximum atomic E-state index is 10.7. The van der Waals surface area contributed by atoms with Gasteiger partial charge in [0.15, 0.2) is 5.78 Å². The average Bonchev–Trinajstić information content (AvgIpc) is 2.45. The number of rotatable bonds is 5. The van der Waals surface area contributed by atoms with Crippen molar-refractivity contribution in [3.05, 3.63) is 47.7 Å². The first kappa shape index (κ1) is 12.5. The molecule has 0 spiro atoms. The highest BCUT2D eigenvalue weighted by Gasteiger charge is 1.97. The standard InChI is InChI=1S/C13H17NO2/c1-11(15)8-13(14)10-16-9-12-6-4-2-3-5-7-12/h2-4,6-8H,5,9-10,14H2,1H3. The molecule has 86 valence electrons. The van der Waals surface area contributed by atoms with E-state index in [0.29, 0.717) is 12.3 Å². The van der Waals surface area contributed by atoms with Gasteiger partial charge in [0.05, 0.1) is 13.2 Å². The van der Waals surface area contributed by atoms with Crippen molar-refractivity contribution in [1.29, 1.82) is 0 Å². The van der Waals surface area contributed by atoms with Crippen molar-refractivity contribution in [2.75, 3.05) is 13.2 Å². The monoisotopic (exact) mass is 219 g/mol. The predicted octanol–water partition coefficient (Wildman–Crippen LogP) is 1.88.